The number of aryl methyl sites for hydroxylation is 2. The van der Waals surface area contributed by atoms with Crippen molar-refractivity contribution in [3.05, 3.63) is 288 Å². The van der Waals surface area contributed by atoms with E-state index in [-0.39, 0.29) is 0 Å². The van der Waals surface area contributed by atoms with Gasteiger partial charge in [0.15, 0.2) is 8.07 Å². The van der Waals surface area contributed by atoms with Crippen LogP contribution in [0, 0.1) is 13.8 Å². The van der Waals surface area contributed by atoms with E-state index in [1.807, 2.05) is 0 Å². The first-order valence-corrected chi connectivity index (χ1v) is 25.0. The number of hydrogen-bond donors (Lipinski definition) is 0. The SMILES string of the molecule is Cc1cc(N2c3ccccc3C(c3ccccc3)(c3ccccc3)c3ccccc32)ccc1-c1ccc(N2c3ccccc3[Si](c3ccccc3)(c3ccccc3)c3ccccc32)cc1C. The van der Waals surface area contributed by atoms with Gasteiger partial charge in [-0.1, -0.05) is 206 Å². The maximum Gasteiger partial charge on any atom is 0.184 e. The third-order valence-corrected chi connectivity index (χ3v) is 19.1. The van der Waals surface area contributed by atoms with Crippen molar-refractivity contribution in [3.63, 3.8) is 0 Å². The molecule has 0 spiro atoms. The predicted octanol–water partition coefficient (Wildman–Crippen LogP) is 13.3. The first-order valence-electron chi connectivity index (χ1n) is 23.0. The van der Waals surface area contributed by atoms with E-state index in [1.54, 1.807) is 0 Å². The van der Waals surface area contributed by atoms with Crippen molar-refractivity contribution < 1.29 is 0 Å². The number of hydrogen-bond acceptors (Lipinski definition) is 2. The van der Waals surface area contributed by atoms with Gasteiger partial charge in [0, 0.05) is 22.7 Å². The molecule has 0 atom stereocenters. The van der Waals surface area contributed by atoms with E-state index >= 15 is 0 Å². The quantitative estimate of drug-likeness (QED) is 0.147. The van der Waals surface area contributed by atoms with Gasteiger partial charge < -0.3 is 9.80 Å². The van der Waals surface area contributed by atoms with Gasteiger partial charge in [-0.15, -0.1) is 0 Å². The largest absolute Gasteiger partial charge is 0.311 e. The van der Waals surface area contributed by atoms with Crippen LogP contribution in [0.3, 0.4) is 0 Å². The lowest BCUT2D eigenvalue weighted by molar-refractivity contribution is 0.731. The summed E-state index contributed by atoms with van der Waals surface area (Å²) in [6.07, 6.45) is 0. The summed E-state index contributed by atoms with van der Waals surface area (Å²) in [5.41, 5.74) is 16.7. The van der Waals surface area contributed by atoms with Crippen LogP contribution in [0.15, 0.2) is 255 Å². The fourth-order valence-corrected chi connectivity index (χ4v) is 16.7. The lowest BCUT2D eigenvalue weighted by Crippen LogP contribution is -2.77. The van der Waals surface area contributed by atoms with Crippen LogP contribution in [0.4, 0.5) is 34.1 Å². The molecule has 0 unspecified atom stereocenters. The van der Waals surface area contributed by atoms with Crippen LogP contribution in [0.25, 0.3) is 11.1 Å². The fraction of sp³-hybridized carbons (Fsp3) is 0.0476. The van der Waals surface area contributed by atoms with Gasteiger partial charge in [0.25, 0.3) is 0 Å². The van der Waals surface area contributed by atoms with Crippen LogP contribution in [-0.2, 0) is 5.41 Å². The molecule has 12 rings (SSSR count). The molecule has 0 fully saturated rings. The Kier molecular flexibility index (Phi) is 9.55. The Morgan fingerprint density at radius 3 is 1.06 bits per heavy atom. The molecule has 66 heavy (non-hydrogen) atoms. The van der Waals surface area contributed by atoms with Crippen LogP contribution < -0.4 is 30.5 Å². The van der Waals surface area contributed by atoms with E-state index in [4.69, 9.17) is 0 Å². The number of nitrogens with zero attached hydrogens (tertiary/aromatic N) is 2. The zero-order chi connectivity index (χ0) is 44.2. The Morgan fingerprint density at radius 2 is 0.652 bits per heavy atom. The topological polar surface area (TPSA) is 6.48 Å². The van der Waals surface area contributed by atoms with Gasteiger partial charge in [0.05, 0.1) is 16.8 Å². The Bertz CT molecular complexity index is 2990. The van der Waals surface area contributed by atoms with Gasteiger partial charge in [-0.25, -0.2) is 0 Å². The maximum atomic E-state index is 2.50. The van der Waals surface area contributed by atoms with Crippen molar-refractivity contribution in [1.29, 1.82) is 0 Å². The molecule has 10 aromatic carbocycles. The van der Waals surface area contributed by atoms with Crippen molar-refractivity contribution in [3.8, 4) is 11.1 Å². The first-order chi connectivity index (χ1) is 32.6. The summed E-state index contributed by atoms with van der Waals surface area (Å²) in [5, 5.41) is 5.59. The molecular weight excluding hydrogens is 813 g/mol. The lowest BCUT2D eigenvalue weighted by atomic mass is 9.62. The van der Waals surface area contributed by atoms with Gasteiger partial charge in [-0.05, 0) is 128 Å². The molecule has 2 aliphatic heterocycles. The normalized spacial score (nSPS) is 14.1. The first kappa shape index (κ1) is 39.6. The minimum Gasteiger partial charge on any atom is -0.311 e. The molecule has 2 heterocycles. The van der Waals surface area contributed by atoms with E-state index in [9.17, 15) is 0 Å². The van der Waals surface area contributed by atoms with Gasteiger partial charge in [-0.2, -0.15) is 0 Å². The highest BCUT2D eigenvalue weighted by Gasteiger charge is 2.49. The van der Waals surface area contributed by atoms with Gasteiger partial charge in [0.1, 0.15) is 0 Å². The Morgan fingerprint density at radius 1 is 0.318 bits per heavy atom. The van der Waals surface area contributed by atoms with Crippen LogP contribution >= 0.6 is 0 Å². The summed E-state index contributed by atoms with van der Waals surface area (Å²) in [7, 11) is -2.69. The van der Waals surface area contributed by atoms with E-state index in [1.165, 1.54) is 88.0 Å². The molecule has 0 saturated carbocycles. The monoisotopic (exact) mass is 860 g/mol. The van der Waals surface area contributed by atoms with E-state index < -0.39 is 13.5 Å². The molecule has 2 aliphatic rings. The molecule has 0 radical (unpaired) electrons. The second kappa shape index (κ2) is 15.9. The van der Waals surface area contributed by atoms with E-state index in [2.05, 4.69) is 278 Å². The summed E-state index contributed by atoms with van der Waals surface area (Å²) >= 11 is 0. The molecule has 0 saturated heterocycles. The second-order valence-corrected chi connectivity index (χ2v) is 21.4. The Balaban J connectivity index is 0.964. The molecule has 10 aromatic rings. The van der Waals surface area contributed by atoms with Crippen molar-refractivity contribution >= 4 is 62.9 Å². The molecule has 0 N–H and O–H groups in total. The van der Waals surface area contributed by atoms with Crippen molar-refractivity contribution in [2.24, 2.45) is 0 Å². The van der Waals surface area contributed by atoms with Crippen LogP contribution in [0.2, 0.25) is 0 Å². The molecular formula is C63H48N2Si. The summed E-state index contributed by atoms with van der Waals surface area (Å²) < 4.78 is 0. The van der Waals surface area contributed by atoms with Crippen molar-refractivity contribution in [2.75, 3.05) is 9.80 Å². The predicted molar refractivity (Wildman–Crippen MR) is 280 cm³/mol. The minimum absolute atomic E-state index is 0.498. The van der Waals surface area contributed by atoms with Gasteiger partial charge in [0.2, 0.25) is 0 Å². The lowest BCUT2D eigenvalue weighted by Gasteiger charge is -2.46. The second-order valence-electron chi connectivity index (χ2n) is 17.7. The summed E-state index contributed by atoms with van der Waals surface area (Å²) in [4.78, 5) is 4.98. The summed E-state index contributed by atoms with van der Waals surface area (Å²) in [5.74, 6) is 0. The number of para-hydroxylation sites is 4. The number of anilines is 6. The van der Waals surface area contributed by atoms with Crippen molar-refractivity contribution in [1.82, 2.24) is 0 Å². The zero-order valence-corrected chi connectivity index (χ0v) is 38.1. The maximum absolute atomic E-state index is 2.69. The highest BCUT2D eigenvalue weighted by molar-refractivity contribution is 7.21. The smallest absolute Gasteiger partial charge is 0.184 e. The van der Waals surface area contributed by atoms with E-state index in [0.29, 0.717) is 0 Å². The number of benzene rings is 10. The average molecular weight is 861 g/mol. The molecule has 0 amide bonds. The highest BCUT2D eigenvalue weighted by Crippen LogP contribution is 2.57. The summed E-state index contributed by atoms with van der Waals surface area (Å²) in [6.45, 7) is 4.53. The standard InChI is InChI=1S/C63H48N2Si/c1-45-43-49(64-57-33-17-15-31-55(57)63(47-23-7-3-8-24-47,48-25-9-4-10-26-48)56-32-16-18-34-58(56)64)39-41-53(45)54-42-40-50(44-46(54)2)65-59-35-19-21-37-61(59)66(51-27-11-5-12-28-51,52-29-13-6-14-30-52)62-38-22-20-36-60(62)65/h3-44H,1-2H3. The van der Waals surface area contributed by atoms with Crippen LogP contribution in [0.5, 0.6) is 0 Å². The molecule has 314 valence electrons. The number of rotatable bonds is 7. The third-order valence-electron chi connectivity index (χ3n) is 14.2. The van der Waals surface area contributed by atoms with Crippen molar-refractivity contribution in [2.45, 2.75) is 19.3 Å². The van der Waals surface area contributed by atoms with Gasteiger partial charge >= 0.3 is 0 Å². The third kappa shape index (κ3) is 5.87. The molecule has 2 nitrogen and oxygen atoms in total. The average Bonchev–Trinajstić information content (AvgIpc) is 3.38. The Hall–Kier alpha value is -7.98. The summed E-state index contributed by atoms with van der Waals surface area (Å²) in [6, 6.07) is 94.9. The zero-order valence-electron chi connectivity index (χ0n) is 37.1. The molecule has 0 aromatic heterocycles. The molecule has 0 aliphatic carbocycles. The minimum atomic E-state index is -2.69. The van der Waals surface area contributed by atoms with E-state index in [0.717, 1.165) is 11.4 Å². The Labute approximate surface area is 389 Å². The fourth-order valence-electron chi connectivity index (χ4n) is 11.6. The number of fused-ring (bicyclic) bond motifs is 4. The molecule has 0 bridgehead atoms. The van der Waals surface area contributed by atoms with Gasteiger partial charge in [-0.3, -0.25) is 0 Å². The van der Waals surface area contributed by atoms with Crippen LogP contribution in [-0.4, -0.2) is 8.07 Å². The highest BCUT2D eigenvalue weighted by atomic mass is 28.3. The molecule has 3 heteroatoms. The van der Waals surface area contributed by atoms with Crippen LogP contribution in [0.1, 0.15) is 33.4 Å².